The Morgan fingerprint density at radius 3 is 2.47 bits per heavy atom. The Bertz CT molecular complexity index is 1060. The summed E-state index contributed by atoms with van der Waals surface area (Å²) in [6.07, 6.45) is 8.06. The Hall–Kier alpha value is -2.78. The molecule has 1 aliphatic heterocycles. The predicted octanol–water partition coefficient (Wildman–Crippen LogP) is 7.41. The van der Waals surface area contributed by atoms with E-state index >= 15 is 0 Å². The minimum atomic E-state index is 0.433. The van der Waals surface area contributed by atoms with E-state index in [0.29, 0.717) is 5.92 Å². The van der Waals surface area contributed by atoms with Gasteiger partial charge in [-0.3, -0.25) is 0 Å². The molecular weight excluding hydrogens is 384 g/mol. The molecule has 0 saturated heterocycles. The van der Waals surface area contributed by atoms with Crippen molar-refractivity contribution < 1.29 is 0 Å². The van der Waals surface area contributed by atoms with Crippen LogP contribution in [0.3, 0.4) is 0 Å². The van der Waals surface area contributed by atoms with Crippen LogP contribution in [0.4, 0.5) is 11.4 Å². The zero-order valence-electron chi connectivity index (χ0n) is 18.3. The summed E-state index contributed by atoms with van der Waals surface area (Å²) in [6.45, 7) is 5.57. The number of thiophene rings is 1. The first kappa shape index (κ1) is 20.5. The molecule has 0 N–H and O–H groups in total. The van der Waals surface area contributed by atoms with Gasteiger partial charge < -0.3 is 9.80 Å². The number of rotatable bonds is 6. The van der Waals surface area contributed by atoms with E-state index in [9.17, 15) is 0 Å². The fourth-order valence-corrected chi connectivity index (χ4v) is 4.92. The minimum absolute atomic E-state index is 0.433. The van der Waals surface area contributed by atoms with Gasteiger partial charge in [0.25, 0.3) is 0 Å². The van der Waals surface area contributed by atoms with Gasteiger partial charge >= 0.3 is 0 Å². The number of allylic oxidation sites excluding steroid dienone is 2. The maximum Gasteiger partial charge on any atom is 0.0449 e. The summed E-state index contributed by atoms with van der Waals surface area (Å²) < 4.78 is 0. The normalized spacial score (nSPS) is 15.9. The smallest absolute Gasteiger partial charge is 0.0449 e. The van der Waals surface area contributed by atoms with Crippen molar-refractivity contribution in [2.24, 2.45) is 0 Å². The third-order valence-electron chi connectivity index (χ3n) is 5.61. The van der Waals surface area contributed by atoms with Crippen LogP contribution in [0.2, 0.25) is 0 Å². The van der Waals surface area contributed by atoms with Crippen molar-refractivity contribution in [2.45, 2.75) is 26.2 Å². The van der Waals surface area contributed by atoms with E-state index in [0.717, 1.165) is 13.0 Å². The quantitative estimate of drug-likeness (QED) is 0.414. The SMILES string of the molecule is CCCN1C(/C=C/c2ccc(-c3ccc(N(C)C)cc3)s2)=CC(C)c2ccccc21. The van der Waals surface area contributed by atoms with Crippen LogP contribution in [0.5, 0.6) is 0 Å². The van der Waals surface area contributed by atoms with Crippen LogP contribution >= 0.6 is 11.3 Å². The van der Waals surface area contributed by atoms with Crippen LogP contribution in [0, 0.1) is 0 Å². The lowest BCUT2D eigenvalue weighted by Crippen LogP contribution is -2.27. The molecule has 0 fully saturated rings. The van der Waals surface area contributed by atoms with Crippen molar-refractivity contribution in [3.05, 3.63) is 89.0 Å². The minimum Gasteiger partial charge on any atom is -0.378 e. The Balaban J connectivity index is 1.56. The van der Waals surface area contributed by atoms with Crippen LogP contribution in [-0.2, 0) is 0 Å². The molecule has 154 valence electrons. The maximum absolute atomic E-state index is 2.46. The molecule has 30 heavy (non-hydrogen) atoms. The average molecular weight is 415 g/mol. The molecule has 1 aliphatic rings. The van der Waals surface area contributed by atoms with E-state index < -0.39 is 0 Å². The average Bonchev–Trinajstić information content (AvgIpc) is 3.24. The first-order valence-electron chi connectivity index (χ1n) is 10.7. The van der Waals surface area contributed by atoms with E-state index in [-0.39, 0.29) is 0 Å². The van der Waals surface area contributed by atoms with E-state index in [2.05, 4.69) is 117 Å². The third-order valence-corrected chi connectivity index (χ3v) is 6.71. The van der Waals surface area contributed by atoms with E-state index in [1.807, 2.05) is 11.3 Å². The van der Waals surface area contributed by atoms with Crippen molar-refractivity contribution >= 4 is 28.8 Å². The molecule has 0 bridgehead atoms. The zero-order chi connectivity index (χ0) is 21.1. The highest BCUT2D eigenvalue weighted by atomic mass is 32.1. The van der Waals surface area contributed by atoms with Gasteiger partial charge in [0.2, 0.25) is 0 Å². The summed E-state index contributed by atoms with van der Waals surface area (Å²) in [7, 11) is 4.15. The van der Waals surface area contributed by atoms with Crippen molar-refractivity contribution in [3.63, 3.8) is 0 Å². The molecule has 2 aromatic carbocycles. The fraction of sp³-hybridized carbons (Fsp3) is 0.259. The van der Waals surface area contributed by atoms with Crippen LogP contribution < -0.4 is 9.80 Å². The summed E-state index contributed by atoms with van der Waals surface area (Å²) in [5, 5.41) is 0. The van der Waals surface area contributed by atoms with Crippen LogP contribution in [-0.4, -0.2) is 20.6 Å². The van der Waals surface area contributed by atoms with Crippen molar-refractivity contribution in [1.82, 2.24) is 0 Å². The molecule has 2 nitrogen and oxygen atoms in total. The molecule has 0 amide bonds. The summed E-state index contributed by atoms with van der Waals surface area (Å²) in [5.41, 5.74) is 6.57. The molecule has 1 atom stereocenters. The van der Waals surface area contributed by atoms with Crippen molar-refractivity contribution in [2.75, 3.05) is 30.4 Å². The van der Waals surface area contributed by atoms with Gasteiger partial charge in [-0.25, -0.2) is 0 Å². The molecule has 3 aromatic rings. The van der Waals surface area contributed by atoms with E-state index in [1.165, 1.54) is 38.0 Å². The predicted molar refractivity (Wildman–Crippen MR) is 134 cm³/mol. The second-order valence-corrected chi connectivity index (χ2v) is 9.18. The highest BCUT2D eigenvalue weighted by Crippen LogP contribution is 2.37. The highest BCUT2D eigenvalue weighted by Gasteiger charge is 2.21. The maximum atomic E-state index is 2.46. The molecule has 1 unspecified atom stereocenters. The molecule has 0 aliphatic carbocycles. The molecule has 3 heteroatoms. The van der Waals surface area contributed by atoms with Crippen molar-refractivity contribution in [3.8, 4) is 10.4 Å². The van der Waals surface area contributed by atoms with E-state index in [1.54, 1.807) is 0 Å². The number of hydrogen-bond acceptors (Lipinski definition) is 3. The Labute approximate surface area is 184 Å². The summed E-state index contributed by atoms with van der Waals surface area (Å²) >= 11 is 1.84. The monoisotopic (exact) mass is 414 g/mol. The van der Waals surface area contributed by atoms with Gasteiger partial charge in [-0.15, -0.1) is 11.3 Å². The molecule has 2 heterocycles. The molecular formula is C27H30N2S. The topological polar surface area (TPSA) is 6.48 Å². The Morgan fingerprint density at radius 1 is 0.967 bits per heavy atom. The molecule has 4 rings (SSSR count). The lowest BCUT2D eigenvalue weighted by atomic mass is 9.93. The number of nitrogens with zero attached hydrogens (tertiary/aromatic N) is 2. The molecule has 0 radical (unpaired) electrons. The molecule has 0 spiro atoms. The van der Waals surface area contributed by atoms with Crippen molar-refractivity contribution in [1.29, 1.82) is 0 Å². The largest absolute Gasteiger partial charge is 0.378 e. The van der Waals surface area contributed by atoms with Gasteiger partial charge in [0.15, 0.2) is 0 Å². The van der Waals surface area contributed by atoms with Gasteiger partial charge in [-0.1, -0.05) is 50.3 Å². The second kappa shape index (κ2) is 8.93. The number of para-hydroxylation sites is 1. The van der Waals surface area contributed by atoms with Gasteiger partial charge in [0.1, 0.15) is 0 Å². The standard InChI is InChI=1S/C27H30N2S/c1-5-18-29-23(19-20(2)25-8-6-7-9-26(25)29)14-15-24-16-17-27(30-24)21-10-12-22(13-11-21)28(3)4/h6-17,19-20H,5,18H2,1-4H3/b15-14+. The highest BCUT2D eigenvalue weighted by molar-refractivity contribution is 7.16. The Kier molecular flexibility index (Phi) is 6.10. The summed E-state index contributed by atoms with van der Waals surface area (Å²) in [4.78, 5) is 7.18. The zero-order valence-corrected chi connectivity index (χ0v) is 19.1. The number of benzene rings is 2. The van der Waals surface area contributed by atoms with Crippen LogP contribution in [0.25, 0.3) is 16.5 Å². The van der Waals surface area contributed by atoms with Crippen LogP contribution in [0.15, 0.2) is 78.5 Å². The van der Waals surface area contributed by atoms with Gasteiger partial charge in [-0.2, -0.15) is 0 Å². The summed E-state index contributed by atoms with van der Waals surface area (Å²) in [5.74, 6) is 0.433. The van der Waals surface area contributed by atoms with Gasteiger partial charge in [0.05, 0.1) is 0 Å². The lowest BCUT2D eigenvalue weighted by molar-refractivity contribution is 0.811. The molecule has 1 aromatic heterocycles. The van der Waals surface area contributed by atoms with Gasteiger partial charge in [-0.05, 0) is 60.0 Å². The fourth-order valence-electron chi connectivity index (χ4n) is 4.00. The van der Waals surface area contributed by atoms with Gasteiger partial charge in [0, 0.05) is 53.4 Å². The number of fused-ring (bicyclic) bond motifs is 1. The third kappa shape index (κ3) is 4.22. The lowest BCUT2D eigenvalue weighted by Gasteiger charge is -2.33. The van der Waals surface area contributed by atoms with E-state index in [4.69, 9.17) is 0 Å². The number of anilines is 2. The second-order valence-electron chi connectivity index (χ2n) is 8.07. The summed E-state index contributed by atoms with van der Waals surface area (Å²) in [6, 6.07) is 22.0. The Morgan fingerprint density at radius 2 is 1.73 bits per heavy atom. The van der Waals surface area contributed by atoms with Crippen LogP contribution in [0.1, 0.15) is 36.6 Å². The first-order chi connectivity index (χ1) is 14.6. The number of hydrogen-bond donors (Lipinski definition) is 0. The first-order valence-corrected chi connectivity index (χ1v) is 11.5. The molecule has 0 saturated carbocycles.